The van der Waals surface area contributed by atoms with Crippen LogP contribution in [0.25, 0.3) is 21.6 Å². The summed E-state index contributed by atoms with van der Waals surface area (Å²) in [5.41, 5.74) is 1.82. The fourth-order valence-electron chi connectivity index (χ4n) is 4.48. The van der Waals surface area contributed by atoms with Gasteiger partial charge >= 0.3 is 6.18 Å². The fourth-order valence-corrected chi connectivity index (χ4v) is 5.36. The predicted octanol–water partition coefficient (Wildman–Crippen LogP) is 4.86. The van der Waals surface area contributed by atoms with Crippen LogP contribution in [0.4, 0.5) is 18.9 Å². The lowest BCUT2D eigenvalue weighted by Gasteiger charge is -2.30. The van der Waals surface area contributed by atoms with Crippen molar-refractivity contribution >= 4 is 33.8 Å². The first-order valence-corrected chi connectivity index (χ1v) is 12.5. The third kappa shape index (κ3) is 5.22. The first-order valence-electron chi connectivity index (χ1n) is 11.6. The molecular formula is C24H28F3N5OS. The van der Waals surface area contributed by atoms with E-state index in [0.29, 0.717) is 22.8 Å². The molecular weight excluding hydrogens is 463 g/mol. The number of halogens is 3. The molecule has 34 heavy (non-hydrogen) atoms. The molecule has 0 unspecified atom stereocenters. The Balaban J connectivity index is 1.45. The monoisotopic (exact) mass is 491 g/mol. The van der Waals surface area contributed by atoms with Crippen molar-refractivity contribution in [3.05, 3.63) is 35.3 Å². The van der Waals surface area contributed by atoms with Crippen LogP contribution in [0.2, 0.25) is 0 Å². The van der Waals surface area contributed by atoms with Crippen molar-refractivity contribution in [1.82, 2.24) is 19.8 Å². The molecule has 1 aliphatic heterocycles. The number of nitrogens with one attached hydrogen (secondary N) is 2. The van der Waals surface area contributed by atoms with Gasteiger partial charge in [0.15, 0.2) is 0 Å². The van der Waals surface area contributed by atoms with Gasteiger partial charge < -0.3 is 20.1 Å². The molecule has 3 heterocycles. The molecule has 2 aliphatic rings. The van der Waals surface area contributed by atoms with E-state index in [1.165, 1.54) is 15.9 Å². The van der Waals surface area contributed by atoms with Gasteiger partial charge in [0.25, 0.3) is 0 Å². The SMILES string of the molecule is CN1CCC(Nc2cccc3c2cc(-c2ncc(CNC(=O)C4CC4)s2)n3CC(F)(F)F)CC1. The minimum absolute atomic E-state index is 0.0331. The maximum absolute atomic E-state index is 13.5. The predicted molar refractivity (Wildman–Crippen MR) is 128 cm³/mol. The maximum atomic E-state index is 13.5. The van der Waals surface area contributed by atoms with E-state index in [-0.39, 0.29) is 17.9 Å². The van der Waals surface area contributed by atoms with Crippen molar-refractivity contribution in [2.75, 3.05) is 25.5 Å². The van der Waals surface area contributed by atoms with Gasteiger partial charge in [-0.3, -0.25) is 4.79 Å². The Morgan fingerprint density at radius 3 is 2.68 bits per heavy atom. The van der Waals surface area contributed by atoms with Gasteiger partial charge in [-0.1, -0.05) is 6.07 Å². The van der Waals surface area contributed by atoms with Crippen LogP contribution in [-0.2, 0) is 17.9 Å². The lowest BCUT2D eigenvalue weighted by Crippen LogP contribution is -2.36. The number of rotatable bonds is 7. The number of likely N-dealkylation sites (tertiary alicyclic amines) is 1. The zero-order chi connectivity index (χ0) is 23.9. The summed E-state index contributed by atoms with van der Waals surface area (Å²) in [6.07, 6.45) is 1.10. The van der Waals surface area contributed by atoms with E-state index in [2.05, 4.69) is 27.6 Å². The quantitative estimate of drug-likeness (QED) is 0.496. The van der Waals surface area contributed by atoms with Gasteiger partial charge in [0.1, 0.15) is 11.6 Å². The highest BCUT2D eigenvalue weighted by Crippen LogP contribution is 2.37. The summed E-state index contributed by atoms with van der Waals surface area (Å²) in [6, 6.07) is 7.57. The fraction of sp³-hybridized carbons (Fsp3) is 0.500. The number of benzene rings is 1. The lowest BCUT2D eigenvalue weighted by atomic mass is 10.0. The minimum atomic E-state index is -4.36. The van der Waals surface area contributed by atoms with Crippen LogP contribution in [0, 0.1) is 5.92 Å². The van der Waals surface area contributed by atoms with Gasteiger partial charge in [-0.25, -0.2) is 4.98 Å². The number of thiazole rings is 1. The van der Waals surface area contributed by atoms with E-state index in [1.54, 1.807) is 18.3 Å². The number of hydrogen-bond acceptors (Lipinski definition) is 5. The van der Waals surface area contributed by atoms with Gasteiger partial charge in [0.2, 0.25) is 5.91 Å². The molecule has 0 spiro atoms. The normalized spacial score (nSPS) is 17.9. The molecule has 1 saturated heterocycles. The molecule has 2 aromatic heterocycles. The Bertz CT molecular complexity index is 1180. The number of anilines is 1. The Hall–Kier alpha value is -2.59. The third-order valence-corrected chi connectivity index (χ3v) is 7.54. The number of fused-ring (bicyclic) bond motifs is 1. The number of carbonyl (C=O) groups excluding carboxylic acids is 1. The Kier molecular flexibility index (Phi) is 6.28. The smallest absolute Gasteiger partial charge is 0.382 e. The van der Waals surface area contributed by atoms with Gasteiger partial charge in [0.05, 0.1) is 17.8 Å². The zero-order valence-electron chi connectivity index (χ0n) is 19.0. The van der Waals surface area contributed by atoms with E-state index in [4.69, 9.17) is 0 Å². The summed E-state index contributed by atoms with van der Waals surface area (Å²) >= 11 is 1.32. The summed E-state index contributed by atoms with van der Waals surface area (Å²) < 4.78 is 41.9. The average molecular weight is 492 g/mol. The van der Waals surface area contributed by atoms with Crippen LogP contribution in [0.5, 0.6) is 0 Å². The summed E-state index contributed by atoms with van der Waals surface area (Å²) in [6.45, 7) is 1.24. The van der Waals surface area contributed by atoms with Crippen molar-refractivity contribution in [3.8, 4) is 10.7 Å². The molecule has 0 bridgehead atoms. The van der Waals surface area contributed by atoms with Crippen molar-refractivity contribution in [1.29, 1.82) is 0 Å². The van der Waals surface area contributed by atoms with E-state index >= 15 is 0 Å². The molecule has 0 atom stereocenters. The van der Waals surface area contributed by atoms with Crippen molar-refractivity contribution in [2.24, 2.45) is 5.92 Å². The number of nitrogens with zero attached hydrogens (tertiary/aromatic N) is 3. The Morgan fingerprint density at radius 1 is 1.21 bits per heavy atom. The molecule has 3 aromatic rings. The summed E-state index contributed by atoms with van der Waals surface area (Å²) in [7, 11) is 2.10. The molecule has 6 nitrogen and oxygen atoms in total. The first kappa shape index (κ1) is 23.2. The highest BCUT2D eigenvalue weighted by Gasteiger charge is 2.31. The maximum Gasteiger partial charge on any atom is 0.406 e. The largest absolute Gasteiger partial charge is 0.406 e. The molecule has 1 aliphatic carbocycles. The molecule has 1 amide bonds. The zero-order valence-corrected chi connectivity index (χ0v) is 19.8. The van der Waals surface area contributed by atoms with Crippen LogP contribution in [0.15, 0.2) is 30.5 Å². The van der Waals surface area contributed by atoms with E-state index in [9.17, 15) is 18.0 Å². The van der Waals surface area contributed by atoms with Crippen LogP contribution in [-0.4, -0.2) is 52.7 Å². The first-order chi connectivity index (χ1) is 16.3. The molecule has 10 heteroatoms. The highest BCUT2D eigenvalue weighted by molar-refractivity contribution is 7.15. The molecule has 182 valence electrons. The molecule has 1 saturated carbocycles. The molecule has 2 fully saturated rings. The number of aromatic nitrogens is 2. The Morgan fingerprint density at radius 2 is 1.97 bits per heavy atom. The second-order valence-electron chi connectivity index (χ2n) is 9.31. The van der Waals surface area contributed by atoms with E-state index in [0.717, 1.165) is 54.7 Å². The van der Waals surface area contributed by atoms with Crippen LogP contribution >= 0.6 is 11.3 Å². The van der Waals surface area contributed by atoms with Gasteiger partial charge in [-0.2, -0.15) is 13.2 Å². The summed E-state index contributed by atoms with van der Waals surface area (Å²) in [5.74, 6) is 0.142. The topological polar surface area (TPSA) is 62.2 Å². The lowest BCUT2D eigenvalue weighted by molar-refractivity contribution is -0.139. The van der Waals surface area contributed by atoms with E-state index < -0.39 is 12.7 Å². The number of hydrogen-bond donors (Lipinski definition) is 2. The van der Waals surface area contributed by atoms with Crippen LogP contribution in [0.1, 0.15) is 30.6 Å². The summed E-state index contributed by atoms with van der Waals surface area (Å²) in [4.78, 5) is 19.5. The van der Waals surface area contributed by atoms with Crippen molar-refractivity contribution < 1.29 is 18.0 Å². The number of piperidine rings is 1. The molecule has 1 aromatic carbocycles. The van der Waals surface area contributed by atoms with Crippen LogP contribution < -0.4 is 10.6 Å². The molecule has 5 rings (SSSR count). The van der Waals surface area contributed by atoms with Crippen molar-refractivity contribution in [2.45, 2.75) is 51.0 Å². The number of carbonyl (C=O) groups is 1. The third-order valence-electron chi connectivity index (χ3n) is 6.52. The minimum Gasteiger partial charge on any atom is -0.382 e. The molecule has 2 N–H and O–H groups in total. The second-order valence-corrected chi connectivity index (χ2v) is 10.4. The summed E-state index contributed by atoms with van der Waals surface area (Å²) in [5, 5.41) is 7.74. The van der Waals surface area contributed by atoms with Gasteiger partial charge in [0, 0.05) is 34.1 Å². The van der Waals surface area contributed by atoms with Crippen molar-refractivity contribution in [3.63, 3.8) is 0 Å². The average Bonchev–Trinajstić information content (AvgIpc) is 3.44. The standard InChI is InChI=1S/C24H28F3N5OS/c1-31-9-7-16(8-10-31)30-19-3-2-4-20-18(19)11-21(32(20)14-24(25,26)27)23-29-13-17(34-23)12-28-22(33)15-5-6-15/h2-4,11,13,15-16,30H,5-10,12,14H2,1H3,(H,28,33). The van der Waals surface area contributed by atoms with Crippen LogP contribution in [0.3, 0.4) is 0 Å². The Labute approximate surface area is 200 Å². The van der Waals surface area contributed by atoms with Gasteiger partial charge in [-0.15, -0.1) is 11.3 Å². The highest BCUT2D eigenvalue weighted by atomic mass is 32.1. The molecule has 0 radical (unpaired) electrons. The van der Waals surface area contributed by atoms with E-state index in [1.807, 2.05) is 12.1 Å². The number of alkyl halides is 3. The number of amides is 1. The second kappa shape index (κ2) is 9.22. The van der Waals surface area contributed by atoms with Gasteiger partial charge in [-0.05, 0) is 64.0 Å².